The molecule has 0 unspecified atom stereocenters. The molecule has 6 rings (SSSR count). The largest absolute Gasteiger partial charge is 0.312 e. The Bertz CT molecular complexity index is 1590. The van der Waals surface area contributed by atoms with Crippen molar-refractivity contribution in [3.63, 3.8) is 0 Å². The second-order valence-corrected chi connectivity index (χ2v) is 9.88. The van der Waals surface area contributed by atoms with Gasteiger partial charge >= 0.3 is 0 Å². The zero-order valence-electron chi connectivity index (χ0n) is 21.8. The lowest BCUT2D eigenvalue weighted by Crippen LogP contribution is -2.35. The Balaban J connectivity index is 1.58. The van der Waals surface area contributed by atoms with Gasteiger partial charge in [0.15, 0.2) is 0 Å². The molecule has 38 heavy (non-hydrogen) atoms. The van der Waals surface area contributed by atoms with Crippen molar-refractivity contribution in [3.05, 3.63) is 72.1 Å². The summed E-state index contributed by atoms with van der Waals surface area (Å²) in [4.78, 5) is 19.7. The average molecular weight is 506 g/mol. The number of aromatic nitrogens is 6. The van der Waals surface area contributed by atoms with E-state index in [0.717, 1.165) is 89.1 Å². The van der Waals surface area contributed by atoms with E-state index in [-0.39, 0.29) is 5.91 Å². The number of carbonyl (C=O) groups is 1. The number of fused-ring (bicyclic) bond motifs is 1. The molecule has 5 aromatic rings. The first kappa shape index (κ1) is 24.0. The van der Waals surface area contributed by atoms with Gasteiger partial charge in [0.05, 0.1) is 16.7 Å². The minimum absolute atomic E-state index is 0.190. The number of carbonyl (C=O) groups excluding carboxylic acids is 1. The van der Waals surface area contributed by atoms with Crippen molar-refractivity contribution in [2.24, 2.45) is 0 Å². The number of benzene rings is 3. The Labute approximate surface area is 221 Å². The molecule has 0 atom stereocenters. The number of anilines is 1. The summed E-state index contributed by atoms with van der Waals surface area (Å²) in [6.45, 7) is 5.07. The van der Waals surface area contributed by atoms with Crippen LogP contribution in [0, 0.1) is 6.92 Å². The summed E-state index contributed by atoms with van der Waals surface area (Å²) in [5.74, 6) is 1.76. The SMILES string of the molecule is CCCCc1nc2ccc(N3CCCCC3=O)cc2n1-c1ccc(-c2ccccc2)c(-c2nn[nH]n2)c1C. The van der Waals surface area contributed by atoms with Gasteiger partial charge in [-0.25, -0.2) is 4.98 Å². The number of tetrazole rings is 1. The highest BCUT2D eigenvalue weighted by Gasteiger charge is 2.23. The quantitative estimate of drug-likeness (QED) is 0.291. The number of aryl methyl sites for hydroxylation is 1. The molecule has 3 heterocycles. The molecule has 192 valence electrons. The van der Waals surface area contributed by atoms with Gasteiger partial charge in [0.25, 0.3) is 0 Å². The lowest BCUT2D eigenvalue weighted by Gasteiger charge is -2.27. The maximum Gasteiger partial charge on any atom is 0.226 e. The number of hydrogen-bond donors (Lipinski definition) is 1. The summed E-state index contributed by atoms with van der Waals surface area (Å²) in [7, 11) is 0. The van der Waals surface area contributed by atoms with E-state index in [4.69, 9.17) is 4.98 Å². The first-order valence-corrected chi connectivity index (χ1v) is 13.4. The number of hydrogen-bond acceptors (Lipinski definition) is 5. The summed E-state index contributed by atoms with van der Waals surface area (Å²) in [5.41, 5.74) is 8.01. The van der Waals surface area contributed by atoms with Crippen molar-refractivity contribution >= 4 is 22.6 Å². The summed E-state index contributed by atoms with van der Waals surface area (Å²) >= 11 is 0. The molecular formula is C30H31N7O. The molecule has 2 aromatic heterocycles. The van der Waals surface area contributed by atoms with Gasteiger partial charge < -0.3 is 4.90 Å². The maximum absolute atomic E-state index is 12.7. The molecule has 0 saturated carbocycles. The number of aromatic amines is 1. The van der Waals surface area contributed by atoms with Crippen LogP contribution in [0.4, 0.5) is 5.69 Å². The minimum atomic E-state index is 0.190. The van der Waals surface area contributed by atoms with E-state index in [1.165, 1.54) is 0 Å². The number of nitrogens with zero attached hydrogens (tertiary/aromatic N) is 6. The van der Waals surface area contributed by atoms with Crippen molar-refractivity contribution < 1.29 is 4.79 Å². The second kappa shape index (κ2) is 10.2. The molecule has 1 fully saturated rings. The van der Waals surface area contributed by atoms with E-state index in [1.54, 1.807) is 0 Å². The highest BCUT2D eigenvalue weighted by atomic mass is 16.2. The van der Waals surface area contributed by atoms with Crippen LogP contribution in [-0.2, 0) is 11.2 Å². The van der Waals surface area contributed by atoms with Gasteiger partial charge in [-0.2, -0.15) is 5.21 Å². The molecule has 0 spiro atoms. The molecule has 0 aliphatic carbocycles. The Kier molecular flexibility index (Phi) is 6.45. The Morgan fingerprint density at radius 1 is 1.03 bits per heavy atom. The molecule has 1 aliphatic rings. The van der Waals surface area contributed by atoms with Gasteiger partial charge in [-0.15, -0.1) is 10.2 Å². The van der Waals surface area contributed by atoms with Crippen LogP contribution in [-0.4, -0.2) is 42.6 Å². The molecule has 0 radical (unpaired) electrons. The summed E-state index contributed by atoms with van der Waals surface area (Å²) in [6.07, 6.45) is 5.57. The van der Waals surface area contributed by atoms with Crippen LogP contribution in [0.1, 0.15) is 50.4 Å². The third kappa shape index (κ3) is 4.26. The Hall–Kier alpha value is -4.33. The zero-order chi connectivity index (χ0) is 26.1. The number of imidazole rings is 1. The molecule has 8 nitrogen and oxygen atoms in total. The highest BCUT2D eigenvalue weighted by molar-refractivity contribution is 5.96. The molecule has 1 amide bonds. The predicted molar refractivity (Wildman–Crippen MR) is 149 cm³/mol. The van der Waals surface area contributed by atoms with Crippen LogP contribution in [0.3, 0.4) is 0 Å². The third-order valence-corrected chi connectivity index (χ3v) is 7.43. The highest BCUT2D eigenvalue weighted by Crippen LogP contribution is 2.38. The zero-order valence-corrected chi connectivity index (χ0v) is 21.8. The normalized spacial score (nSPS) is 13.9. The first-order valence-electron chi connectivity index (χ1n) is 13.4. The van der Waals surface area contributed by atoms with Crippen molar-refractivity contribution in [2.75, 3.05) is 11.4 Å². The van der Waals surface area contributed by atoms with Gasteiger partial charge in [-0.05, 0) is 72.4 Å². The van der Waals surface area contributed by atoms with Gasteiger partial charge in [-0.3, -0.25) is 9.36 Å². The van der Waals surface area contributed by atoms with Crippen molar-refractivity contribution in [3.8, 4) is 28.2 Å². The lowest BCUT2D eigenvalue weighted by molar-refractivity contribution is -0.119. The van der Waals surface area contributed by atoms with Gasteiger partial charge in [0.1, 0.15) is 5.82 Å². The fourth-order valence-electron chi connectivity index (χ4n) is 5.49. The summed E-state index contributed by atoms with van der Waals surface area (Å²) < 4.78 is 2.26. The molecular weight excluding hydrogens is 474 g/mol. The van der Waals surface area contributed by atoms with Crippen LogP contribution >= 0.6 is 0 Å². The van der Waals surface area contributed by atoms with E-state index < -0.39 is 0 Å². The monoisotopic (exact) mass is 505 g/mol. The van der Waals surface area contributed by atoms with Crippen molar-refractivity contribution in [2.45, 2.75) is 52.4 Å². The van der Waals surface area contributed by atoms with E-state index >= 15 is 0 Å². The molecule has 1 saturated heterocycles. The number of unbranched alkanes of at least 4 members (excludes halogenated alkanes) is 1. The standard InChI is InChI=1S/C30H31N7O/c1-3-4-12-27-31-24-16-14-22(36-18-9-8-13-28(36)38)19-26(24)37(27)25-17-15-23(21-10-6-5-7-11-21)29(20(25)2)30-32-34-35-33-30/h5-7,10-11,14-17,19H,3-4,8-9,12-13,18H2,1-2H3,(H,32,33,34,35). The summed E-state index contributed by atoms with van der Waals surface area (Å²) in [6, 6.07) is 20.8. The lowest BCUT2D eigenvalue weighted by atomic mass is 9.94. The topological polar surface area (TPSA) is 92.6 Å². The average Bonchev–Trinajstić information content (AvgIpc) is 3.60. The van der Waals surface area contributed by atoms with Crippen LogP contribution in [0.25, 0.3) is 39.2 Å². The van der Waals surface area contributed by atoms with E-state index in [9.17, 15) is 4.79 Å². The fourth-order valence-corrected chi connectivity index (χ4v) is 5.49. The van der Waals surface area contributed by atoms with Crippen LogP contribution in [0.15, 0.2) is 60.7 Å². The Morgan fingerprint density at radius 3 is 2.66 bits per heavy atom. The smallest absolute Gasteiger partial charge is 0.226 e. The number of rotatable bonds is 7. The predicted octanol–water partition coefficient (Wildman–Crippen LogP) is 6.04. The molecule has 1 N–H and O–H groups in total. The summed E-state index contributed by atoms with van der Waals surface area (Å²) in [5, 5.41) is 15.2. The number of H-pyrrole nitrogens is 1. The van der Waals surface area contributed by atoms with E-state index in [1.807, 2.05) is 35.2 Å². The van der Waals surface area contributed by atoms with Crippen LogP contribution in [0.2, 0.25) is 0 Å². The second-order valence-electron chi connectivity index (χ2n) is 9.88. The minimum Gasteiger partial charge on any atom is -0.312 e. The maximum atomic E-state index is 12.7. The molecule has 1 aliphatic heterocycles. The Morgan fingerprint density at radius 2 is 1.89 bits per heavy atom. The molecule has 3 aromatic carbocycles. The molecule has 0 bridgehead atoms. The van der Waals surface area contributed by atoms with E-state index in [2.05, 4.69) is 69.4 Å². The van der Waals surface area contributed by atoms with Crippen LogP contribution < -0.4 is 4.90 Å². The van der Waals surface area contributed by atoms with Crippen molar-refractivity contribution in [1.29, 1.82) is 0 Å². The third-order valence-electron chi connectivity index (χ3n) is 7.43. The fraction of sp³-hybridized carbons (Fsp3) is 0.300. The first-order chi connectivity index (χ1) is 18.7. The van der Waals surface area contributed by atoms with Gasteiger partial charge in [0, 0.05) is 30.6 Å². The van der Waals surface area contributed by atoms with E-state index in [0.29, 0.717) is 12.2 Å². The van der Waals surface area contributed by atoms with Gasteiger partial charge in [0.2, 0.25) is 11.7 Å². The van der Waals surface area contributed by atoms with Gasteiger partial charge in [-0.1, -0.05) is 49.7 Å². The van der Waals surface area contributed by atoms with Crippen LogP contribution in [0.5, 0.6) is 0 Å². The number of piperidine rings is 1. The van der Waals surface area contributed by atoms with Crippen molar-refractivity contribution in [1.82, 2.24) is 30.2 Å². The number of amides is 1. The molecule has 8 heteroatoms. The number of nitrogens with one attached hydrogen (secondary N) is 1.